The Morgan fingerprint density at radius 2 is 2.10 bits per heavy atom. The number of halogens is 1. The number of aromatic nitrogens is 3. The summed E-state index contributed by atoms with van der Waals surface area (Å²) in [5.41, 5.74) is 0.00346. The number of carbonyl (C=O) groups is 2. The summed E-state index contributed by atoms with van der Waals surface area (Å²) in [5, 5.41) is 10.4. The molecule has 2 atom stereocenters. The van der Waals surface area contributed by atoms with E-state index >= 15 is 0 Å². The van der Waals surface area contributed by atoms with Gasteiger partial charge in [-0.1, -0.05) is 26.2 Å². The highest BCUT2D eigenvalue weighted by molar-refractivity contribution is 6.28. The number of fused-ring (bicyclic) bond motifs is 1. The van der Waals surface area contributed by atoms with Crippen LogP contribution in [0, 0.1) is 0 Å². The van der Waals surface area contributed by atoms with Gasteiger partial charge in [0.25, 0.3) is 0 Å². The average molecular weight is 423 g/mol. The monoisotopic (exact) mass is 422 g/mol. The molecule has 29 heavy (non-hydrogen) atoms. The summed E-state index contributed by atoms with van der Waals surface area (Å²) in [6.07, 6.45) is 4.84. The van der Waals surface area contributed by atoms with Crippen molar-refractivity contribution in [2.75, 3.05) is 6.54 Å². The zero-order chi connectivity index (χ0) is 21.3. The van der Waals surface area contributed by atoms with Crippen molar-refractivity contribution in [1.82, 2.24) is 19.4 Å². The fourth-order valence-electron chi connectivity index (χ4n) is 3.60. The zero-order valence-electron chi connectivity index (χ0n) is 17.2. The molecule has 1 saturated heterocycles. The number of carboxylic acid groups (broad SMARTS) is 1. The third kappa shape index (κ3) is 4.80. The summed E-state index contributed by atoms with van der Waals surface area (Å²) in [4.78, 5) is 34.3. The molecule has 1 N–H and O–H groups in total. The first-order valence-corrected chi connectivity index (χ1v) is 10.3. The molecule has 0 aliphatic carbocycles. The number of nitrogens with zero attached hydrogens (tertiary/aromatic N) is 4. The van der Waals surface area contributed by atoms with E-state index in [1.165, 1.54) is 6.20 Å². The van der Waals surface area contributed by atoms with Crippen LogP contribution in [-0.2, 0) is 4.74 Å². The van der Waals surface area contributed by atoms with Gasteiger partial charge in [0.2, 0.25) is 5.28 Å². The van der Waals surface area contributed by atoms with Crippen LogP contribution in [0.4, 0.5) is 4.79 Å². The topological polar surface area (TPSA) is 97.3 Å². The van der Waals surface area contributed by atoms with Gasteiger partial charge in [-0.15, -0.1) is 0 Å². The molecule has 2 aromatic rings. The molecule has 1 aliphatic heterocycles. The first kappa shape index (κ1) is 21.4. The first-order chi connectivity index (χ1) is 13.6. The molecule has 1 aliphatic rings. The van der Waals surface area contributed by atoms with Crippen molar-refractivity contribution in [2.45, 2.75) is 71.1 Å². The summed E-state index contributed by atoms with van der Waals surface area (Å²) in [6, 6.07) is 1.17. The number of hydrogen-bond acceptors (Lipinski definition) is 5. The number of rotatable bonds is 7. The van der Waals surface area contributed by atoms with Crippen LogP contribution in [0.3, 0.4) is 0 Å². The minimum atomic E-state index is -1.05. The molecule has 9 heteroatoms. The number of carbonyl (C=O) groups excluding carboxylic acids is 1. The molecule has 158 valence electrons. The van der Waals surface area contributed by atoms with E-state index in [1.54, 1.807) is 15.5 Å². The highest BCUT2D eigenvalue weighted by Crippen LogP contribution is 2.38. The second kappa shape index (κ2) is 8.18. The van der Waals surface area contributed by atoms with Crippen LogP contribution in [0.2, 0.25) is 5.28 Å². The molecular formula is C20H27ClN4O4. The minimum absolute atomic E-state index is 0.0564. The van der Waals surface area contributed by atoms with Gasteiger partial charge in [0.1, 0.15) is 16.9 Å². The molecule has 2 aromatic heterocycles. The highest BCUT2D eigenvalue weighted by Gasteiger charge is 2.47. The molecule has 1 amide bonds. The molecular weight excluding hydrogens is 396 g/mol. The molecule has 3 heterocycles. The molecule has 2 unspecified atom stereocenters. The Balaban J connectivity index is 1.98. The van der Waals surface area contributed by atoms with Gasteiger partial charge in [0.05, 0.1) is 12.1 Å². The Kier molecular flexibility index (Phi) is 6.03. The molecule has 0 spiro atoms. The van der Waals surface area contributed by atoms with Crippen molar-refractivity contribution < 1.29 is 19.4 Å². The van der Waals surface area contributed by atoms with Gasteiger partial charge in [-0.2, -0.15) is 4.98 Å². The third-order valence-corrected chi connectivity index (χ3v) is 5.11. The van der Waals surface area contributed by atoms with E-state index in [0.717, 1.165) is 25.7 Å². The minimum Gasteiger partial charge on any atom is -0.477 e. The molecule has 0 radical (unpaired) electrons. The van der Waals surface area contributed by atoms with Gasteiger partial charge in [-0.25, -0.2) is 14.6 Å². The van der Waals surface area contributed by atoms with Crippen LogP contribution in [0.5, 0.6) is 0 Å². The van der Waals surface area contributed by atoms with Gasteiger partial charge in [-0.05, 0) is 44.9 Å². The molecule has 0 saturated carbocycles. The van der Waals surface area contributed by atoms with Crippen LogP contribution in [0.25, 0.3) is 11.0 Å². The Morgan fingerprint density at radius 1 is 1.38 bits per heavy atom. The van der Waals surface area contributed by atoms with Crippen molar-refractivity contribution >= 4 is 34.7 Å². The molecule has 8 nitrogen and oxygen atoms in total. The Bertz CT molecular complexity index is 921. The van der Waals surface area contributed by atoms with Crippen LogP contribution in [0.15, 0.2) is 12.3 Å². The van der Waals surface area contributed by atoms with E-state index in [4.69, 9.17) is 16.3 Å². The maximum Gasteiger partial charge on any atom is 0.410 e. The van der Waals surface area contributed by atoms with E-state index < -0.39 is 11.6 Å². The molecule has 1 fully saturated rings. The fraction of sp³-hybridized carbons (Fsp3) is 0.600. The fourth-order valence-corrected chi connectivity index (χ4v) is 3.73. The zero-order valence-corrected chi connectivity index (χ0v) is 17.9. The van der Waals surface area contributed by atoms with Crippen molar-refractivity contribution in [3.63, 3.8) is 0 Å². The predicted octanol–water partition coefficient (Wildman–Crippen LogP) is 4.52. The molecule has 3 rings (SSSR count). The summed E-state index contributed by atoms with van der Waals surface area (Å²) in [5.74, 6) is -1.05. The van der Waals surface area contributed by atoms with E-state index in [9.17, 15) is 14.7 Å². The van der Waals surface area contributed by atoms with Crippen molar-refractivity contribution in [1.29, 1.82) is 0 Å². The SMILES string of the molecule is CCCCCC(C1CN1C(=O)OC(C)(C)C)n1c(C(=O)O)cc2cnc(Cl)nc21. The number of hydrogen-bond donors (Lipinski definition) is 1. The van der Waals surface area contributed by atoms with Gasteiger partial charge in [0.15, 0.2) is 0 Å². The summed E-state index contributed by atoms with van der Waals surface area (Å²) in [7, 11) is 0. The van der Waals surface area contributed by atoms with Crippen LogP contribution in [0.1, 0.15) is 69.9 Å². The lowest BCUT2D eigenvalue weighted by Gasteiger charge is -2.23. The van der Waals surface area contributed by atoms with E-state index in [0.29, 0.717) is 17.6 Å². The first-order valence-electron chi connectivity index (χ1n) is 9.88. The largest absolute Gasteiger partial charge is 0.477 e. The number of amides is 1. The van der Waals surface area contributed by atoms with Crippen LogP contribution < -0.4 is 0 Å². The van der Waals surface area contributed by atoms with E-state index in [-0.39, 0.29) is 29.2 Å². The maximum atomic E-state index is 12.5. The lowest BCUT2D eigenvalue weighted by atomic mass is 10.0. The second-order valence-electron chi connectivity index (χ2n) is 8.39. The third-order valence-electron chi connectivity index (χ3n) is 4.92. The standard InChI is InChI=1S/C20H27ClN4O4/c1-5-6-7-8-13(15-11-24(15)19(28)29-20(2,3)4)25-14(17(26)27)9-12-10-22-18(21)23-16(12)25/h9-10,13,15H,5-8,11H2,1-4H3,(H,26,27). The van der Waals surface area contributed by atoms with Crippen LogP contribution >= 0.6 is 11.6 Å². The lowest BCUT2D eigenvalue weighted by molar-refractivity contribution is 0.0396. The molecule has 0 aromatic carbocycles. The Labute approximate surface area is 174 Å². The van der Waals surface area contributed by atoms with Gasteiger partial charge >= 0.3 is 12.1 Å². The number of unbranched alkanes of at least 4 members (excludes halogenated alkanes) is 2. The Morgan fingerprint density at radius 3 is 2.72 bits per heavy atom. The summed E-state index contributed by atoms with van der Waals surface area (Å²) >= 11 is 5.99. The summed E-state index contributed by atoms with van der Waals surface area (Å²) in [6.45, 7) is 8.10. The highest BCUT2D eigenvalue weighted by atomic mass is 35.5. The summed E-state index contributed by atoms with van der Waals surface area (Å²) < 4.78 is 7.19. The van der Waals surface area contributed by atoms with Crippen molar-refractivity contribution in [3.05, 3.63) is 23.2 Å². The second-order valence-corrected chi connectivity index (χ2v) is 8.72. The number of aromatic carboxylic acids is 1. The lowest BCUT2D eigenvalue weighted by Crippen LogP contribution is -2.30. The number of carboxylic acids is 1. The normalized spacial score (nSPS) is 17.4. The maximum absolute atomic E-state index is 12.5. The smallest absolute Gasteiger partial charge is 0.410 e. The van der Waals surface area contributed by atoms with Gasteiger partial charge < -0.3 is 14.4 Å². The van der Waals surface area contributed by atoms with Crippen LogP contribution in [-0.4, -0.2) is 54.8 Å². The van der Waals surface area contributed by atoms with Crippen molar-refractivity contribution in [2.24, 2.45) is 0 Å². The number of ether oxygens (including phenoxy) is 1. The predicted molar refractivity (Wildman–Crippen MR) is 109 cm³/mol. The van der Waals surface area contributed by atoms with Gasteiger partial charge in [0, 0.05) is 18.1 Å². The van der Waals surface area contributed by atoms with Gasteiger partial charge in [-0.3, -0.25) is 4.90 Å². The Hall–Kier alpha value is -2.35. The average Bonchev–Trinajstić information content (AvgIpc) is 3.32. The molecule has 0 bridgehead atoms. The van der Waals surface area contributed by atoms with E-state index in [1.807, 2.05) is 20.8 Å². The van der Waals surface area contributed by atoms with Crippen molar-refractivity contribution in [3.8, 4) is 0 Å². The quantitative estimate of drug-likeness (QED) is 0.400. The van der Waals surface area contributed by atoms with E-state index in [2.05, 4.69) is 16.9 Å².